The quantitative estimate of drug-likeness (QED) is 0.233. The molecule has 0 radical (unpaired) electrons. The van der Waals surface area contributed by atoms with Gasteiger partial charge in [-0.2, -0.15) is 0 Å². The van der Waals surface area contributed by atoms with Crippen molar-refractivity contribution in [3.8, 4) is 0 Å². The van der Waals surface area contributed by atoms with Crippen LogP contribution in [0.5, 0.6) is 0 Å². The Morgan fingerprint density at radius 2 is 2.07 bits per heavy atom. The summed E-state index contributed by atoms with van der Waals surface area (Å²) in [6.45, 7) is 5.84. The molecular weight excluding hydrogens is 489 g/mol. The van der Waals surface area contributed by atoms with Crippen LogP contribution in [0.3, 0.4) is 0 Å². The maximum Gasteiger partial charge on any atom is 0.193 e. The largest absolute Gasteiger partial charge is 0.368 e. The van der Waals surface area contributed by atoms with Gasteiger partial charge in [-0.3, -0.25) is 4.99 Å². The molecule has 0 bridgehead atoms. The highest BCUT2D eigenvalue weighted by Crippen LogP contribution is 2.27. The van der Waals surface area contributed by atoms with Crippen LogP contribution < -0.4 is 10.6 Å². The molecule has 1 aliphatic heterocycles. The lowest BCUT2D eigenvalue weighted by Gasteiger charge is -2.39. The highest BCUT2D eigenvalue weighted by atomic mass is 127. The van der Waals surface area contributed by atoms with E-state index in [0.29, 0.717) is 12.0 Å². The fourth-order valence-electron chi connectivity index (χ4n) is 3.96. The second-order valence-electron chi connectivity index (χ2n) is 7.58. The summed E-state index contributed by atoms with van der Waals surface area (Å²) >= 11 is 0. The molecule has 2 aromatic heterocycles. The van der Waals surface area contributed by atoms with Gasteiger partial charge in [-0.1, -0.05) is 25.1 Å². The first-order valence-electron chi connectivity index (χ1n) is 10.3. The summed E-state index contributed by atoms with van der Waals surface area (Å²) in [4.78, 5) is 15.7. The summed E-state index contributed by atoms with van der Waals surface area (Å²) in [6, 6.07) is 12.7. The molecule has 30 heavy (non-hydrogen) atoms. The van der Waals surface area contributed by atoms with E-state index in [9.17, 15) is 0 Å². The molecule has 1 saturated heterocycles. The molecule has 4 rings (SSSR count). The van der Waals surface area contributed by atoms with Gasteiger partial charge in [0.05, 0.1) is 17.9 Å². The second kappa shape index (κ2) is 10.6. The van der Waals surface area contributed by atoms with Crippen molar-refractivity contribution in [1.29, 1.82) is 0 Å². The minimum Gasteiger partial charge on any atom is -0.368 e. The van der Waals surface area contributed by atoms with Gasteiger partial charge < -0.3 is 20.1 Å². The molecular formula is C22H30IN7. The molecule has 1 fully saturated rings. The summed E-state index contributed by atoms with van der Waals surface area (Å²) in [5.74, 6) is 2.47. The first-order valence-corrected chi connectivity index (χ1v) is 10.3. The van der Waals surface area contributed by atoms with Crippen molar-refractivity contribution in [3.05, 3.63) is 55.1 Å². The third-order valence-electron chi connectivity index (χ3n) is 5.65. The molecule has 1 aromatic carbocycles. The van der Waals surface area contributed by atoms with E-state index in [2.05, 4.69) is 60.3 Å². The zero-order valence-corrected chi connectivity index (χ0v) is 19.9. The number of rotatable bonds is 5. The minimum atomic E-state index is 0. The minimum absolute atomic E-state index is 0. The molecule has 7 nitrogen and oxygen atoms in total. The number of para-hydroxylation sites is 1. The third kappa shape index (κ3) is 5.21. The monoisotopic (exact) mass is 519 g/mol. The molecule has 0 spiro atoms. The van der Waals surface area contributed by atoms with Gasteiger partial charge in [0.1, 0.15) is 5.82 Å². The first kappa shape index (κ1) is 22.3. The van der Waals surface area contributed by atoms with E-state index in [1.807, 2.05) is 43.8 Å². The number of fused-ring (bicyclic) bond motifs is 1. The van der Waals surface area contributed by atoms with Gasteiger partial charge in [0.15, 0.2) is 5.96 Å². The zero-order chi connectivity index (χ0) is 20.1. The Balaban J connectivity index is 0.00000256. The van der Waals surface area contributed by atoms with Gasteiger partial charge in [0.2, 0.25) is 0 Å². The van der Waals surface area contributed by atoms with Gasteiger partial charge in [0, 0.05) is 51.0 Å². The lowest BCUT2D eigenvalue weighted by molar-refractivity contribution is 0.189. The van der Waals surface area contributed by atoms with Crippen molar-refractivity contribution < 1.29 is 0 Å². The molecule has 2 N–H and O–H groups in total. The number of hydrogen-bond acceptors (Lipinski definition) is 4. The number of nitrogens with zero attached hydrogens (tertiary/aromatic N) is 5. The Hall–Kier alpha value is -2.36. The van der Waals surface area contributed by atoms with Crippen molar-refractivity contribution in [3.63, 3.8) is 0 Å². The Morgan fingerprint density at radius 1 is 1.20 bits per heavy atom. The number of piperidine rings is 1. The van der Waals surface area contributed by atoms with E-state index in [-0.39, 0.29) is 24.0 Å². The number of guanidine groups is 1. The maximum atomic E-state index is 4.66. The lowest BCUT2D eigenvalue weighted by Crippen LogP contribution is -2.49. The van der Waals surface area contributed by atoms with Crippen molar-refractivity contribution in [2.45, 2.75) is 19.4 Å². The highest BCUT2D eigenvalue weighted by molar-refractivity contribution is 14.0. The number of hydrogen-bond donors (Lipinski definition) is 2. The van der Waals surface area contributed by atoms with Crippen LogP contribution in [-0.2, 0) is 0 Å². The van der Waals surface area contributed by atoms with E-state index in [1.54, 1.807) is 0 Å². The van der Waals surface area contributed by atoms with E-state index in [4.69, 9.17) is 0 Å². The summed E-state index contributed by atoms with van der Waals surface area (Å²) in [5.41, 5.74) is 1.01. The molecule has 3 heterocycles. The standard InChI is InChI=1S/C22H29N7.HI/c1-17-9-13-28(15-20(17)29-14-12-24-16-29)22(23-2)26-11-10-25-21-8-7-18-5-3-4-6-19(18)27-21;/h3-8,12,14,16-17,20H,9-11,13,15H2,1-2H3,(H,23,26)(H,25,27);1H. The molecule has 0 aliphatic carbocycles. The van der Waals surface area contributed by atoms with Gasteiger partial charge in [-0.15, -0.1) is 24.0 Å². The number of aliphatic imine (C=N–C) groups is 1. The fourth-order valence-corrected chi connectivity index (χ4v) is 3.96. The number of nitrogens with one attached hydrogen (secondary N) is 2. The van der Waals surface area contributed by atoms with Gasteiger partial charge >= 0.3 is 0 Å². The average molecular weight is 519 g/mol. The molecule has 2 unspecified atom stereocenters. The molecule has 160 valence electrons. The molecule has 0 amide bonds. The van der Waals surface area contributed by atoms with Crippen LogP contribution in [0.2, 0.25) is 0 Å². The van der Waals surface area contributed by atoms with Crippen LogP contribution in [0.25, 0.3) is 10.9 Å². The number of benzene rings is 1. The molecule has 8 heteroatoms. The fraction of sp³-hybridized carbons (Fsp3) is 0.409. The molecule has 0 saturated carbocycles. The van der Waals surface area contributed by atoms with E-state index >= 15 is 0 Å². The molecule has 1 aliphatic rings. The van der Waals surface area contributed by atoms with Gasteiger partial charge in [-0.05, 0) is 30.5 Å². The third-order valence-corrected chi connectivity index (χ3v) is 5.65. The summed E-state index contributed by atoms with van der Waals surface area (Å²) in [7, 11) is 1.85. The van der Waals surface area contributed by atoms with Crippen molar-refractivity contribution >= 4 is 46.7 Å². The number of aromatic nitrogens is 3. The predicted octanol–water partition coefficient (Wildman–Crippen LogP) is 3.62. The van der Waals surface area contributed by atoms with Crippen molar-refractivity contribution in [2.24, 2.45) is 10.9 Å². The normalized spacial score (nSPS) is 19.4. The first-order chi connectivity index (χ1) is 14.2. The van der Waals surface area contributed by atoms with Crippen molar-refractivity contribution in [1.82, 2.24) is 24.8 Å². The number of halogens is 1. The van der Waals surface area contributed by atoms with Crippen LogP contribution in [0.1, 0.15) is 19.4 Å². The smallest absolute Gasteiger partial charge is 0.193 e. The number of imidazole rings is 1. The lowest BCUT2D eigenvalue weighted by atomic mass is 9.93. The van der Waals surface area contributed by atoms with E-state index < -0.39 is 0 Å². The van der Waals surface area contributed by atoms with Crippen LogP contribution in [0.15, 0.2) is 60.1 Å². The average Bonchev–Trinajstić information content (AvgIpc) is 3.29. The number of pyridine rings is 1. The van der Waals surface area contributed by atoms with E-state index in [1.165, 1.54) is 0 Å². The maximum absolute atomic E-state index is 4.66. The van der Waals surface area contributed by atoms with Gasteiger partial charge in [-0.25, -0.2) is 9.97 Å². The Morgan fingerprint density at radius 3 is 2.87 bits per heavy atom. The van der Waals surface area contributed by atoms with Crippen LogP contribution in [-0.4, -0.2) is 58.6 Å². The summed E-state index contributed by atoms with van der Waals surface area (Å²) in [6.07, 6.45) is 6.97. The zero-order valence-electron chi connectivity index (χ0n) is 17.5. The summed E-state index contributed by atoms with van der Waals surface area (Å²) < 4.78 is 2.22. The van der Waals surface area contributed by atoms with Gasteiger partial charge in [0.25, 0.3) is 0 Å². The van der Waals surface area contributed by atoms with Crippen LogP contribution in [0.4, 0.5) is 5.82 Å². The SMILES string of the molecule is CN=C(NCCNc1ccc2ccccc2n1)N1CCC(C)C(n2ccnc2)C1.I. The Bertz CT molecular complexity index is 957. The van der Waals surface area contributed by atoms with Crippen LogP contribution in [0, 0.1) is 5.92 Å². The molecule has 2 atom stereocenters. The second-order valence-corrected chi connectivity index (χ2v) is 7.58. The topological polar surface area (TPSA) is 70.4 Å². The molecule has 3 aromatic rings. The van der Waals surface area contributed by atoms with E-state index in [0.717, 1.165) is 55.3 Å². The van der Waals surface area contributed by atoms with Crippen LogP contribution >= 0.6 is 24.0 Å². The highest BCUT2D eigenvalue weighted by Gasteiger charge is 2.28. The van der Waals surface area contributed by atoms with Crippen molar-refractivity contribution in [2.75, 3.05) is 38.5 Å². The predicted molar refractivity (Wildman–Crippen MR) is 134 cm³/mol. The summed E-state index contributed by atoms with van der Waals surface area (Å²) in [5, 5.41) is 8.04. The Kier molecular flexibility index (Phi) is 7.89. The number of likely N-dealkylation sites (tertiary alicyclic amines) is 1. The Labute approximate surface area is 195 Å². The number of anilines is 1.